The molecule has 0 atom stereocenters. The second kappa shape index (κ2) is 7.92. The van der Waals surface area contributed by atoms with Crippen molar-refractivity contribution in [1.82, 2.24) is 19.7 Å². The summed E-state index contributed by atoms with van der Waals surface area (Å²) in [6.45, 7) is 3.54. The van der Waals surface area contributed by atoms with Crippen LogP contribution in [0, 0.1) is 0 Å². The molecule has 5 rings (SSSR count). The van der Waals surface area contributed by atoms with Gasteiger partial charge in [0.05, 0.1) is 5.56 Å². The zero-order valence-corrected chi connectivity index (χ0v) is 17.0. The molecule has 2 aliphatic rings. The molecule has 3 aromatic rings. The van der Waals surface area contributed by atoms with E-state index < -0.39 is 0 Å². The Hall–Kier alpha value is -3.58. The molecule has 0 aliphatic carbocycles. The van der Waals surface area contributed by atoms with E-state index >= 15 is 0 Å². The summed E-state index contributed by atoms with van der Waals surface area (Å²) in [5.74, 6) is -0.488. The number of rotatable bonds is 4. The molecular formula is C24H22N4O3. The summed E-state index contributed by atoms with van der Waals surface area (Å²) in [6.07, 6.45) is 3.23. The van der Waals surface area contributed by atoms with Crippen molar-refractivity contribution in [2.24, 2.45) is 0 Å². The Morgan fingerprint density at radius 2 is 1.52 bits per heavy atom. The first-order valence-corrected chi connectivity index (χ1v) is 10.4. The molecule has 1 fully saturated rings. The molecule has 1 aromatic heterocycles. The summed E-state index contributed by atoms with van der Waals surface area (Å²) < 4.78 is 0. The van der Waals surface area contributed by atoms with E-state index in [1.807, 2.05) is 29.2 Å². The van der Waals surface area contributed by atoms with E-state index in [2.05, 4.69) is 9.88 Å². The van der Waals surface area contributed by atoms with E-state index in [4.69, 9.17) is 0 Å². The van der Waals surface area contributed by atoms with Crippen molar-refractivity contribution in [3.63, 3.8) is 0 Å². The molecule has 0 unspecified atom stereocenters. The van der Waals surface area contributed by atoms with E-state index in [9.17, 15) is 14.4 Å². The van der Waals surface area contributed by atoms with E-state index in [1.165, 1.54) is 4.90 Å². The zero-order chi connectivity index (χ0) is 21.4. The molecule has 0 bridgehead atoms. The molecule has 31 heavy (non-hydrogen) atoms. The van der Waals surface area contributed by atoms with Crippen molar-refractivity contribution < 1.29 is 14.4 Å². The van der Waals surface area contributed by atoms with Gasteiger partial charge in [-0.15, -0.1) is 0 Å². The first-order valence-electron chi connectivity index (χ1n) is 10.4. The molecule has 0 saturated carbocycles. The zero-order valence-electron chi connectivity index (χ0n) is 17.0. The largest absolute Gasteiger partial charge is 0.336 e. The maximum atomic E-state index is 13.0. The molecule has 1 saturated heterocycles. The second-order valence-corrected chi connectivity index (χ2v) is 7.85. The van der Waals surface area contributed by atoms with Gasteiger partial charge >= 0.3 is 0 Å². The Balaban J connectivity index is 1.23. The lowest BCUT2D eigenvalue weighted by Crippen LogP contribution is -2.51. The van der Waals surface area contributed by atoms with Gasteiger partial charge in [0.2, 0.25) is 0 Å². The van der Waals surface area contributed by atoms with Crippen molar-refractivity contribution in [3.05, 3.63) is 77.6 Å². The number of carbonyl (C=O) groups excluding carboxylic acids is 3. The Bertz CT molecular complexity index is 1120. The topological polar surface area (TPSA) is 73.8 Å². The predicted molar refractivity (Wildman–Crippen MR) is 116 cm³/mol. The quantitative estimate of drug-likeness (QED) is 0.613. The second-order valence-electron chi connectivity index (χ2n) is 7.85. The van der Waals surface area contributed by atoms with Crippen LogP contribution in [0.15, 0.2) is 60.9 Å². The third-order valence-corrected chi connectivity index (χ3v) is 6.06. The number of imide groups is 1. The molecule has 2 aromatic carbocycles. The van der Waals surface area contributed by atoms with E-state index in [-0.39, 0.29) is 17.7 Å². The van der Waals surface area contributed by atoms with Gasteiger partial charge in [0.15, 0.2) is 0 Å². The SMILES string of the molecule is O=C(c1cccnc1)N1CCN(CCN2C(=O)c3cccc4cccc(c34)C2=O)CC1. The fourth-order valence-corrected chi connectivity index (χ4v) is 4.37. The Morgan fingerprint density at radius 1 is 0.839 bits per heavy atom. The summed E-state index contributed by atoms with van der Waals surface area (Å²) in [6, 6.07) is 14.7. The fraction of sp³-hybridized carbons (Fsp3) is 0.250. The maximum Gasteiger partial charge on any atom is 0.261 e. The lowest BCUT2D eigenvalue weighted by Gasteiger charge is -2.36. The molecule has 0 radical (unpaired) electrons. The molecule has 7 heteroatoms. The van der Waals surface area contributed by atoms with Gasteiger partial charge in [-0.05, 0) is 29.7 Å². The van der Waals surface area contributed by atoms with Gasteiger partial charge in [-0.25, -0.2) is 0 Å². The molecule has 156 valence electrons. The third kappa shape index (κ3) is 3.47. The highest BCUT2D eigenvalue weighted by molar-refractivity contribution is 6.25. The lowest BCUT2D eigenvalue weighted by molar-refractivity contribution is 0.0550. The first-order chi connectivity index (χ1) is 15.1. The number of carbonyl (C=O) groups is 3. The summed E-state index contributed by atoms with van der Waals surface area (Å²) >= 11 is 0. The molecule has 3 amide bonds. The fourth-order valence-electron chi connectivity index (χ4n) is 4.37. The minimum absolute atomic E-state index is 0.0150. The van der Waals surface area contributed by atoms with Gasteiger partial charge < -0.3 is 4.90 Å². The number of hydrogen-bond donors (Lipinski definition) is 0. The van der Waals surface area contributed by atoms with Crippen molar-refractivity contribution in [3.8, 4) is 0 Å². The number of amides is 3. The molecule has 3 heterocycles. The van der Waals surface area contributed by atoms with Gasteiger partial charge in [-0.2, -0.15) is 0 Å². The number of pyridine rings is 1. The molecule has 7 nitrogen and oxygen atoms in total. The third-order valence-electron chi connectivity index (χ3n) is 6.06. The highest BCUT2D eigenvalue weighted by Crippen LogP contribution is 2.29. The average molecular weight is 414 g/mol. The highest BCUT2D eigenvalue weighted by atomic mass is 16.2. The van der Waals surface area contributed by atoms with E-state index in [1.54, 1.807) is 36.7 Å². The van der Waals surface area contributed by atoms with Crippen molar-refractivity contribution in [2.75, 3.05) is 39.3 Å². The van der Waals surface area contributed by atoms with Crippen LogP contribution in [-0.2, 0) is 0 Å². The number of piperazine rings is 1. The van der Waals surface area contributed by atoms with Gasteiger partial charge in [-0.3, -0.25) is 29.2 Å². The minimum atomic E-state index is -0.236. The Labute approximate surface area is 179 Å². The van der Waals surface area contributed by atoms with Crippen LogP contribution >= 0.6 is 0 Å². The summed E-state index contributed by atoms with van der Waals surface area (Å²) in [5, 5.41) is 1.66. The molecular weight excluding hydrogens is 392 g/mol. The molecule has 0 spiro atoms. The van der Waals surface area contributed by atoms with Crippen LogP contribution in [0.1, 0.15) is 31.1 Å². The van der Waals surface area contributed by atoms with Crippen LogP contribution < -0.4 is 0 Å². The monoisotopic (exact) mass is 414 g/mol. The first kappa shape index (κ1) is 19.4. The van der Waals surface area contributed by atoms with Crippen LogP contribution in [0.5, 0.6) is 0 Å². The van der Waals surface area contributed by atoms with E-state index in [0.29, 0.717) is 56.0 Å². The summed E-state index contributed by atoms with van der Waals surface area (Å²) in [7, 11) is 0. The minimum Gasteiger partial charge on any atom is -0.336 e. The van der Waals surface area contributed by atoms with Gasteiger partial charge in [0.25, 0.3) is 17.7 Å². The van der Waals surface area contributed by atoms with Crippen LogP contribution in [0.25, 0.3) is 10.8 Å². The summed E-state index contributed by atoms with van der Waals surface area (Å²) in [4.78, 5) is 48.0. The van der Waals surface area contributed by atoms with Crippen molar-refractivity contribution in [1.29, 1.82) is 0 Å². The van der Waals surface area contributed by atoms with Gasteiger partial charge in [0, 0.05) is 68.2 Å². The van der Waals surface area contributed by atoms with E-state index in [0.717, 1.165) is 10.8 Å². The number of hydrogen-bond acceptors (Lipinski definition) is 5. The lowest BCUT2D eigenvalue weighted by atomic mass is 9.94. The number of aromatic nitrogens is 1. The Kier molecular flexibility index (Phi) is 4.95. The van der Waals surface area contributed by atoms with Gasteiger partial charge in [0.1, 0.15) is 0 Å². The normalized spacial score (nSPS) is 16.8. The molecule has 2 aliphatic heterocycles. The van der Waals surface area contributed by atoms with Gasteiger partial charge in [-0.1, -0.05) is 24.3 Å². The standard InChI is InChI=1S/C24H22N4O3/c29-22(18-6-3-9-25-16-18)27-13-10-26(11-14-27)12-15-28-23(30)19-7-1-4-17-5-2-8-20(21(17)19)24(28)31/h1-9,16H,10-15H2. The maximum absolute atomic E-state index is 13.0. The smallest absolute Gasteiger partial charge is 0.261 e. The van der Waals surface area contributed by atoms with Crippen LogP contribution in [0.3, 0.4) is 0 Å². The van der Waals surface area contributed by atoms with Crippen LogP contribution in [0.4, 0.5) is 0 Å². The predicted octanol–water partition coefficient (Wildman–Crippen LogP) is 2.29. The number of nitrogens with zero attached hydrogens (tertiary/aromatic N) is 4. The van der Waals surface area contributed by atoms with Crippen molar-refractivity contribution >= 4 is 28.5 Å². The van der Waals surface area contributed by atoms with Crippen LogP contribution in [0.2, 0.25) is 0 Å². The molecule has 0 N–H and O–H groups in total. The highest BCUT2D eigenvalue weighted by Gasteiger charge is 2.33. The van der Waals surface area contributed by atoms with Crippen LogP contribution in [-0.4, -0.2) is 76.7 Å². The summed E-state index contributed by atoms with van der Waals surface area (Å²) in [5.41, 5.74) is 1.76. The number of benzene rings is 2. The Morgan fingerprint density at radius 3 is 2.13 bits per heavy atom. The average Bonchev–Trinajstić information content (AvgIpc) is 2.83. The van der Waals surface area contributed by atoms with Crippen molar-refractivity contribution in [2.45, 2.75) is 0 Å².